The van der Waals surface area contributed by atoms with Crippen LogP contribution in [-0.2, 0) is 11.3 Å². The van der Waals surface area contributed by atoms with Crippen LogP contribution in [-0.4, -0.2) is 53.9 Å². The van der Waals surface area contributed by atoms with Gasteiger partial charge < -0.3 is 11.1 Å². The molecule has 0 saturated carbocycles. The summed E-state index contributed by atoms with van der Waals surface area (Å²) in [5, 5.41) is 3.02. The highest BCUT2D eigenvalue weighted by Gasteiger charge is 2.38. The molecular formula is C16H24ClN5O. The fourth-order valence-corrected chi connectivity index (χ4v) is 3.56. The summed E-state index contributed by atoms with van der Waals surface area (Å²) in [7, 11) is 0. The number of halogens is 1. The highest BCUT2D eigenvalue weighted by Crippen LogP contribution is 2.19. The summed E-state index contributed by atoms with van der Waals surface area (Å²) >= 11 is 6.28. The molecule has 23 heavy (non-hydrogen) atoms. The van der Waals surface area contributed by atoms with Gasteiger partial charge in [0.05, 0.1) is 0 Å². The van der Waals surface area contributed by atoms with Crippen molar-refractivity contribution in [2.75, 3.05) is 19.6 Å². The molecule has 1 aromatic rings. The summed E-state index contributed by atoms with van der Waals surface area (Å²) in [5.41, 5.74) is 13.0. The van der Waals surface area contributed by atoms with Gasteiger partial charge in [-0.15, -0.1) is 11.6 Å². The van der Waals surface area contributed by atoms with Crippen molar-refractivity contribution in [2.24, 2.45) is 5.73 Å². The van der Waals surface area contributed by atoms with E-state index >= 15 is 0 Å². The maximum atomic E-state index is 11.7. The Bertz CT molecular complexity index is 528. The molecule has 4 unspecified atom stereocenters. The first-order valence-electron chi connectivity index (χ1n) is 8.09. The van der Waals surface area contributed by atoms with E-state index < -0.39 is 5.38 Å². The molecule has 7 heteroatoms. The number of hydrogen-bond donors (Lipinski definition) is 4. The first kappa shape index (κ1) is 16.7. The van der Waals surface area contributed by atoms with Gasteiger partial charge in [0.1, 0.15) is 5.38 Å². The largest absolute Gasteiger partial charge is 0.326 e. The van der Waals surface area contributed by atoms with Crippen LogP contribution >= 0.6 is 11.6 Å². The first-order valence-corrected chi connectivity index (χ1v) is 8.52. The zero-order valence-electron chi connectivity index (χ0n) is 13.0. The minimum atomic E-state index is -0.527. The van der Waals surface area contributed by atoms with E-state index in [0.717, 1.165) is 26.1 Å². The van der Waals surface area contributed by atoms with Gasteiger partial charge in [0.15, 0.2) is 0 Å². The van der Waals surface area contributed by atoms with Crippen LogP contribution in [0.4, 0.5) is 0 Å². The van der Waals surface area contributed by atoms with Crippen LogP contribution in [0.25, 0.3) is 0 Å². The molecular weight excluding hydrogens is 314 g/mol. The SMILES string of the molecule is NC1CCN(C2CNNC(=O)C2Cl)CC1NCc1ccccc1. The third kappa shape index (κ3) is 4.02. The smallest absolute Gasteiger partial charge is 0.253 e. The predicted molar refractivity (Wildman–Crippen MR) is 90.8 cm³/mol. The molecule has 2 heterocycles. The number of hydrazine groups is 1. The standard InChI is InChI=1S/C16H24ClN5O/c17-15-14(9-20-21-16(15)23)22-7-6-12(18)13(10-22)19-8-11-4-2-1-3-5-11/h1-5,12-15,19-20H,6-10,18H2,(H,21,23). The van der Waals surface area contributed by atoms with E-state index in [4.69, 9.17) is 17.3 Å². The van der Waals surface area contributed by atoms with E-state index in [2.05, 4.69) is 33.2 Å². The summed E-state index contributed by atoms with van der Waals surface area (Å²) in [6.45, 7) is 3.12. The number of nitrogens with two attached hydrogens (primary N) is 1. The second-order valence-corrected chi connectivity index (χ2v) is 6.73. The Morgan fingerprint density at radius 1 is 1.35 bits per heavy atom. The molecule has 4 atom stereocenters. The highest BCUT2D eigenvalue weighted by atomic mass is 35.5. The number of nitrogens with zero attached hydrogens (tertiary/aromatic N) is 1. The number of alkyl halides is 1. The summed E-state index contributed by atoms with van der Waals surface area (Å²) in [5.74, 6) is -0.161. The zero-order valence-corrected chi connectivity index (χ0v) is 13.8. The molecule has 126 valence electrons. The Kier molecular flexibility index (Phi) is 5.50. The van der Waals surface area contributed by atoms with E-state index in [-0.39, 0.29) is 24.0 Å². The molecule has 2 fully saturated rings. The maximum absolute atomic E-state index is 11.7. The number of carbonyl (C=O) groups excluding carboxylic acids is 1. The van der Waals surface area contributed by atoms with Gasteiger partial charge in [-0.25, -0.2) is 5.43 Å². The predicted octanol–water partition coefficient (Wildman–Crippen LogP) is -0.212. The summed E-state index contributed by atoms with van der Waals surface area (Å²) < 4.78 is 0. The lowest BCUT2D eigenvalue weighted by molar-refractivity contribution is -0.125. The molecule has 1 aromatic carbocycles. The summed E-state index contributed by atoms with van der Waals surface area (Å²) in [4.78, 5) is 14.0. The van der Waals surface area contributed by atoms with Crippen LogP contribution in [0.5, 0.6) is 0 Å². The van der Waals surface area contributed by atoms with Crippen LogP contribution in [0.1, 0.15) is 12.0 Å². The normalized spacial score (nSPS) is 32.5. The third-order valence-corrected chi connectivity index (χ3v) is 5.18. The van der Waals surface area contributed by atoms with E-state index in [9.17, 15) is 4.79 Å². The second-order valence-electron chi connectivity index (χ2n) is 6.26. The molecule has 0 spiro atoms. The molecule has 1 amide bonds. The molecule has 6 nitrogen and oxygen atoms in total. The Morgan fingerprint density at radius 3 is 2.91 bits per heavy atom. The highest BCUT2D eigenvalue weighted by molar-refractivity contribution is 6.31. The fraction of sp³-hybridized carbons (Fsp3) is 0.562. The molecule has 0 aromatic heterocycles. The van der Waals surface area contributed by atoms with Crippen LogP contribution in [0.2, 0.25) is 0 Å². The lowest BCUT2D eigenvalue weighted by atomic mass is 9.96. The van der Waals surface area contributed by atoms with Crippen LogP contribution < -0.4 is 21.9 Å². The third-order valence-electron chi connectivity index (χ3n) is 4.69. The number of carbonyl (C=O) groups is 1. The van der Waals surface area contributed by atoms with E-state index in [1.807, 2.05) is 18.2 Å². The van der Waals surface area contributed by atoms with Crippen molar-refractivity contribution in [3.8, 4) is 0 Å². The van der Waals surface area contributed by atoms with Gasteiger partial charge in [-0.05, 0) is 12.0 Å². The van der Waals surface area contributed by atoms with Gasteiger partial charge >= 0.3 is 0 Å². The van der Waals surface area contributed by atoms with Crippen molar-refractivity contribution in [3.05, 3.63) is 35.9 Å². The average Bonchev–Trinajstić information content (AvgIpc) is 2.58. The second kappa shape index (κ2) is 7.59. The average molecular weight is 338 g/mol. The first-order chi connectivity index (χ1) is 11.1. The maximum Gasteiger partial charge on any atom is 0.253 e. The van der Waals surface area contributed by atoms with Crippen molar-refractivity contribution >= 4 is 17.5 Å². The number of likely N-dealkylation sites (tertiary alicyclic amines) is 1. The Balaban J connectivity index is 1.59. The monoisotopic (exact) mass is 337 g/mol. The quantitative estimate of drug-likeness (QED) is 0.572. The Morgan fingerprint density at radius 2 is 2.13 bits per heavy atom. The van der Waals surface area contributed by atoms with Crippen LogP contribution in [0.3, 0.4) is 0 Å². The Labute approximate surface area is 141 Å². The van der Waals surface area contributed by atoms with E-state index in [1.165, 1.54) is 5.56 Å². The minimum absolute atomic E-state index is 0.000980. The van der Waals surface area contributed by atoms with Gasteiger partial charge in [0.25, 0.3) is 5.91 Å². The molecule has 5 N–H and O–H groups in total. The molecule has 2 saturated heterocycles. The summed E-state index contributed by atoms with van der Waals surface area (Å²) in [6, 6.07) is 10.6. The number of benzene rings is 1. The minimum Gasteiger partial charge on any atom is -0.326 e. The van der Waals surface area contributed by atoms with E-state index in [1.54, 1.807) is 0 Å². The molecule has 2 aliphatic rings. The lowest BCUT2D eigenvalue weighted by Crippen LogP contribution is -2.66. The van der Waals surface area contributed by atoms with E-state index in [0.29, 0.717) is 6.54 Å². The number of nitrogens with one attached hydrogen (secondary N) is 3. The molecule has 0 aliphatic carbocycles. The van der Waals surface area contributed by atoms with Crippen molar-refractivity contribution in [3.63, 3.8) is 0 Å². The van der Waals surface area contributed by atoms with Crippen molar-refractivity contribution < 1.29 is 4.79 Å². The number of hydrogen-bond acceptors (Lipinski definition) is 5. The number of rotatable bonds is 4. The van der Waals surface area contributed by atoms with Crippen LogP contribution in [0.15, 0.2) is 30.3 Å². The zero-order chi connectivity index (χ0) is 16.2. The molecule has 2 aliphatic heterocycles. The van der Waals surface area contributed by atoms with Gasteiger partial charge in [-0.2, -0.15) is 0 Å². The summed E-state index contributed by atoms with van der Waals surface area (Å²) in [6.07, 6.45) is 0.897. The lowest BCUT2D eigenvalue weighted by Gasteiger charge is -2.44. The van der Waals surface area contributed by atoms with Crippen molar-refractivity contribution in [1.29, 1.82) is 0 Å². The number of amides is 1. The van der Waals surface area contributed by atoms with Gasteiger partial charge in [-0.1, -0.05) is 30.3 Å². The van der Waals surface area contributed by atoms with Crippen LogP contribution in [0, 0.1) is 0 Å². The van der Waals surface area contributed by atoms with Gasteiger partial charge in [-0.3, -0.25) is 15.1 Å². The molecule has 3 rings (SSSR count). The topological polar surface area (TPSA) is 82.4 Å². The molecule has 0 bridgehead atoms. The number of piperidine rings is 1. The fourth-order valence-electron chi connectivity index (χ4n) is 3.26. The van der Waals surface area contributed by atoms with Crippen molar-refractivity contribution in [2.45, 2.75) is 36.5 Å². The van der Waals surface area contributed by atoms with Gasteiger partial charge in [0, 0.05) is 44.3 Å². The molecule has 0 radical (unpaired) electrons. The Hall–Kier alpha value is -1.18. The van der Waals surface area contributed by atoms with Crippen molar-refractivity contribution in [1.82, 2.24) is 21.1 Å². The van der Waals surface area contributed by atoms with Gasteiger partial charge in [0.2, 0.25) is 0 Å².